The van der Waals surface area contributed by atoms with E-state index in [-0.39, 0.29) is 11.7 Å². The van der Waals surface area contributed by atoms with Gasteiger partial charge in [-0.1, -0.05) is 13.3 Å². The lowest BCUT2D eigenvalue weighted by atomic mass is 10.1. The van der Waals surface area contributed by atoms with Crippen molar-refractivity contribution in [2.75, 3.05) is 31.1 Å². The van der Waals surface area contributed by atoms with Crippen LogP contribution in [0.5, 0.6) is 0 Å². The molecular formula is C17H24FN3O2. The maximum Gasteiger partial charge on any atom is 0.239 e. The molecule has 1 fully saturated rings. The summed E-state index contributed by atoms with van der Waals surface area (Å²) >= 11 is 0. The van der Waals surface area contributed by atoms with Gasteiger partial charge in [0.15, 0.2) is 5.78 Å². The number of carbonyl (C=O) groups is 2. The number of nitrogens with two attached hydrogens (primary N) is 1. The monoisotopic (exact) mass is 321 g/mol. The molecule has 1 heterocycles. The van der Waals surface area contributed by atoms with Gasteiger partial charge < -0.3 is 15.5 Å². The van der Waals surface area contributed by atoms with E-state index in [1.54, 1.807) is 17.0 Å². The first kappa shape index (κ1) is 17.4. The lowest BCUT2D eigenvalue weighted by Crippen LogP contribution is -2.53. The first-order valence-corrected chi connectivity index (χ1v) is 8.03. The van der Waals surface area contributed by atoms with Crippen LogP contribution in [0.1, 0.15) is 37.0 Å². The molecule has 126 valence electrons. The Labute approximate surface area is 136 Å². The Bertz CT molecular complexity index is 583. The fourth-order valence-corrected chi connectivity index (χ4v) is 2.82. The summed E-state index contributed by atoms with van der Waals surface area (Å²) in [5.41, 5.74) is 6.72. The SMILES string of the molecule is CCCC(N)C(=O)N1CCN(c2ccc(C(C)=O)cc2F)CC1. The number of anilines is 1. The highest BCUT2D eigenvalue weighted by Gasteiger charge is 2.26. The second-order valence-electron chi connectivity index (χ2n) is 5.93. The first-order chi connectivity index (χ1) is 10.9. The van der Waals surface area contributed by atoms with Crippen LogP contribution in [-0.2, 0) is 4.79 Å². The molecule has 2 N–H and O–H groups in total. The van der Waals surface area contributed by atoms with E-state index in [1.165, 1.54) is 13.0 Å². The van der Waals surface area contributed by atoms with Gasteiger partial charge in [-0.25, -0.2) is 4.39 Å². The van der Waals surface area contributed by atoms with Crippen molar-refractivity contribution in [3.8, 4) is 0 Å². The fraction of sp³-hybridized carbons (Fsp3) is 0.529. The smallest absolute Gasteiger partial charge is 0.239 e. The van der Waals surface area contributed by atoms with Crippen molar-refractivity contribution in [1.82, 2.24) is 4.90 Å². The lowest BCUT2D eigenvalue weighted by molar-refractivity contribution is -0.133. The van der Waals surface area contributed by atoms with Crippen molar-refractivity contribution in [1.29, 1.82) is 0 Å². The zero-order chi connectivity index (χ0) is 17.0. The minimum absolute atomic E-state index is 0.0288. The Hall–Kier alpha value is -1.95. The zero-order valence-corrected chi connectivity index (χ0v) is 13.7. The van der Waals surface area contributed by atoms with Crippen LogP contribution in [0.15, 0.2) is 18.2 Å². The van der Waals surface area contributed by atoms with E-state index in [0.29, 0.717) is 43.9 Å². The van der Waals surface area contributed by atoms with E-state index < -0.39 is 11.9 Å². The van der Waals surface area contributed by atoms with E-state index in [4.69, 9.17) is 5.73 Å². The van der Waals surface area contributed by atoms with E-state index in [0.717, 1.165) is 6.42 Å². The molecule has 1 aliphatic heterocycles. The third-order valence-electron chi connectivity index (χ3n) is 4.20. The second-order valence-corrected chi connectivity index (χ2v) is 5.93. The number of hydrogen-bond acceptors (Lipinski definition) is 4. The van der Waals surface area contributed by atoms with Crippen LogP contribution in [-0.4, -0.2) is 48.8 Å². The molecule has 0 bridgehead atoms. The molecule has 1 aliphatic rings. The molecule has 1 unspecified atom stereocenters. The van der Waals surface area contributed by atoms with Gasteiger partial charge in [0.05, 0.1) is 11.7 Å². The number of ketones is 1. The number of amides is 1. The third-order valence-corrected chi connectivity index (χ3v) is 4.20. The van der Waals surface area contributed by atoms with Crippen LogP contribution in [0, 0.1) is 5.82 Å². The number of nitrogens with zero attached hydrogens (tertiary/aromatic N) is 2. The molecule has 0 spiro atoms. The summed E-state index contributed by atoms with van der Waals surface area (Å²) in [5, 5.41) is 0. The fourth-order valence-electron chi connectivity index (χ4n) is 2.82. The maximum atomic E-state index is 14.2. The van der Waals surface area contributed by atoms with E-state index in [1.807, 2.05) is 11.8 Å². The summed E-state index contributed by atoms with van der Waals surface area (Å²) in [4.78, 5) is 27.1. The summed E-state index contributed by atoms with van der Waals surface area (Å²) < 4.78 is 14.2. The molecule has 5 nitrogen and oxygen atoms in total. The van der Waals surface area contributed by atoms with Crippen molar-refractivity contribution < 1.29 is 14.0 Å². The highest BCUT2D eigenvalue weighted by atomic mass is 19.1. The zero-order valence-electron chi connectivity index (χ0n) is 13.7. The summed E-state index contributed by atoms with van der Waals surface area (Å²) in [6, 6.07) is 4.09. The topological polar surface area (TPSA) is 66.6 Å². The predicted molar refractivity (Wildman–Crippen MR) is 88.1 cm³/mol. The third kappa shape index (κ3) is 4.07. The van der Waals surface area contributed by atoms with Crippen LogP contribution in [0.2, 0.25) is 0 Å². The van der Waals surface area contributed by atoms with Gasteiger partial charge in [0.1, 0.15) is 5.82 Å². The van der Waals surface area contributed by atoms with Gasteiger partial charge >= 0.3 is 0 Å². The van der Waals surface area contributed by atoms with Gasteiger partial charge in [0.2, 0.25) is 5.91 Å². The number of hydrogen-bond donors (Lipinski definition) is 1. The first-order valence-electron chi connectivity index (χ1n) is 8.03. The maximum absolute atomic E-state index is 14.2. The molecular weight excluding hydrogens is 297 g/mol. The highest BCUT2D eigenvalue weighted by molar-refractivity contribution is 5.94. The average Bonchev–Trinajstić information content (AvgIpc) is 2.54. The normalized spacial score (nSPS) is 16.3. The minimum Gasteiger partial charge on any atom is -0.366 e. The van der Waals surface area contributed by atoms with Crippen molar-refractivity contribution in [2.24, 2.45) is 5.73 Å². The Balaban J connectivity index is 1.99. The Morgan fingerprint density at radius 1 is 1.26 bits per heavy atom. The molecule has 23 heavy (non-hydrogen) atoms. The number of Topliss-reactive ketones (excluding diaryl/α,β-unsaturated/α-hetero) is 1. The molecule has 0 saturated carbocycles. The second kappa shape index (κ2) is 7.55. The van der Waals surface area contributed by atoms with Crippen LogP contribution in [0.25, 0.3) is 0 Å². The van der Waals surface area contributed by atoms with E-state index in [2.05, 4.69) is 0 Å². The van der Waals surface area contributed by atoms with Gasteiger partial charge in [-0.15, -0.1) is 0 Å². The molecule has 1 aromatic carbocycles. The van der Waals surface area contributed by atoms with Crippen molar-refractivity contribution in [3.63, 3.8) is 0 Å². The summed E-state index contributed by atoms with van der Waals surface area (Å²) in [5.74, 6) is -0.588. The lowest BCUT2D eigenvalue weighted by Gasteiger charge is -2.37. The Kier molecular flexibility index (Phi) is 5.71. The average molecular weight is 321 g/mol. The van der Waals surface area contributed by atoms with Gasteiger partial charge in [-0.2, -0.15) is 0 Å². The van der Waals surface area contributed by atoms with Crippen LogP contribution < -0.4 is 10.6 Å². The molecule has 1 amide bonds. The van der Waals surface area contributed by atoms with Crippen molar-refractivity contribution >= 4 is 17.4 Å². The van der Waals surface area contributed by atoms with Crippen molar-refractivity contribution in [3.05, 3.63) is 29.6 Å². The standard InChI is InChI=1S/C17H24FN3O2/c1-3-4-15(19)17(23)21-9-7-20(8-10-21)16-6-5-13(12(2)22)11-14(16)18/h5-6,11,15H,3-4,7-10,19H2,1-2H3. The molecule has 6 heteroatoms. The van der Waals surface area contributed by atoms with Crippen LogP contribution in [0.3, 0.4) is 0 Å². The number of piperazine rings is 1. The molecule has 0 aromatic heterocycles. The molecule has 1 aromatic rings. The number of benzene rings is 1. The van der Waals surface area contributed by atoms with Gasteiger partial charge in [0.25, 0.3) is 0 Å². The Morgan fingerprint density at radius 3 is 2.43 bits per heavy atom. The summed E-state index contributed by atoms with van der Waals surface area (Å²) in [7, 11) is 0. The molecule has 1 saturated heterocycles. The number of halogens is 1. The minimum atomic E-state index is -0.446. The largest absolute Gasteiger partial charge is 0.366 e. The summed E-state index contributed by atoms with van der Waals surface area (Å²) in [6.45, 7) is 5.59. The van der Waals surface area contributed by atoms with E-state index >= 15 is 0 Å². The molecule has 2 rings (SSSR count). The van der Waals surface area contributed by atoms with Crippen LogP contribution in [0.4, 0.5) is 10.1 Å². The van der Waals surface area contributed by atoms with Crippen molar-refractivity contribution in [2.45, 2.75) is 32.7 Å². The predicted octanol–water partition coefficient (Wildman–Crippen LogP) is 1.80. The molecule has 1 atom stereocenters. The van der Waals surface area contributed by atoms with Crippen LogP contribution >= 0.6 is 0 Å². The highest BCUT2D eigenvalue weighted by Crippen LogP contribution is 2.22. The van der Waals surface area contributed by atoms with E-state index in [9.17, 15) is 14.0 Å². The van der Waals surface area contributed by atoms with Gasteiger partial charge in [-0.05, 0) is 31.5 Å². The molecule has 0 radical (unpaired) electrons. The summed E-state index contributed by atoms with van der Waals surface area (Å²) in [6.07, 6.45) is 1.56. The molecule has 0 aliphatic carbocycles. The Morgan fingerprint density at radius 2 is 1.91 bits per heavy atom. The van der Waals surface area contributed by atoms with Gasteiger partial charge in [0, 0.05) is 31.7 Å². The number of carbonyl (C=O) groups excluding carboxylic acids is 2. The quantitative estimate of drug-likeness (QED) is 0.840. The number of rotatable bonds is 5. The van der Waals surface area contributed by atoms with Gasteiger partial charge in [-0.3, -0.25) is 9.59 Å².